The molecule has 0 amide bonds. The fraction of sp³-hybridized carbons (Fsp3) is 0.444. The summed E-state index contributed by atoms with van der Waals surface area (Å²) in [5.74, 6) is -0.604. The topological polar surface area (TPSA) is 90.9 Å². The molecular weight excluding hydrogens is 362 g/mol. The molecule has 1 aromatic rings. The Balaban J connectivity index is 2.83. The number of ether oxygens (including phenoxy) is 2. The summed E-state index contributed by atoms with van der Waals surface area (Å²) in [4.78, 5) is 18.1. The summed E-state index contributed by atoms with van der Waals surface area (Å²) in [5.41, 5.74) is 0. The molecule has 7 nitrogen and oxygen atoms in total. The Morgan fingerprint density at radius 3 is 2.68 bits per heavy atom. The lowest BCUT2D eigenvalue weighted by Gasteiger charge is -2.05. The van der Waals surface area contributed by atoms with Gasteiger partial charge in [0.25, 0.3) is 10.0 Å². The van der Waals surface area contributed by atoms with Crippen LogP contribution in [0.1, 0.15) is 9.67 Å². The summed E-state index contributed by atoms with van der Waals surface area (Å²) < 4.78 is 33.3. The van der Waals surface area contributed by atoms with Gasteiger partial charge in [0.1, 0.15) is 9.77 Å². The number of sulfonamides is 1. The predicted molar refractivity (Wildman–Crippen MR) is 71.5 cm³/mol. The Hall–Kier alpha value is -0.520. The Kier molecular flexibility index (Phi) is 6.36. The molecule has 0 saturated carbocycles. The molecule has 0 saturated heterocycles. The first-order chi connectivity index (χ1) is 8.92. The van der Waals surface area contributed by atoms with E-state index in [2.05, 4.69) is 20.7 Å². The number of thiophene rings is 1. The van der Waals surface area contributed by atoms with E-state index in [1.165, 1.54) is 20.3 Å². The minimum Gasteiger partial charge on any atom is -0.465 e. The predicted octanol–water partition coefficient (Wildman–Crippen LogP) is 1.15. The van der Waals surface area contributed by atoms with Crippen molar-refractivity contribution >= 4 is 43.3 Å². The lowest BCUT2D eigenvalue weighted by atomic mass is 10.5. The van der Waals surface area contributed by atoms with Crippen LogP contribution in [0.4, 0.5) is 0 Å². The van der Waals surface area contributed by atoms with Crippen LogP contribution in [0, 0.1) is 0 Å². The van der Waals surface area contributed by atoms with E-state index in [-0.39, 0.29) is 26.8 Å². The second-order valence-corrected chi connectivity index (χ2v) is 7.15. The number of methoxy groups -OCH3 is 2. The summed E-state index contributed by atoms with van der Waals surface area (Å²) in [6, 6.07) is 1.21. The number of carbonyl (C=O) groups is 1. The van der Waals surface area contributed by atoms with E-state index < -0.39 is 16.0 Å². The zero-order valence-electron chi connectivity index (χ0n) is 10.1. The molecule has 1 rings (SSSR count). The smallest absolute Gasteiger partial charge is 0.348 e. The molecule has 1 aromatic heterocycles. The van der Waals surface area contributed by atoms with Crippen LogP contribution in [0.3, 0.4) is 0 Å². The van der Waals surface area contributed by atoms with Crippen molar-refractivity contribution in [1.29, 1.82) is 0 Å². The fourth-order valence-corrected chi connectivity index (χ4v) is 4.34. The number of rotatable bonds is 7. The molecule has 0 unspecified atom stereocenters. The van der Waals surface area contributed by atoms with E-state index >= 15 is 0 Å². The zero-order valence-corrected chi connectivity index (χ0v) is 13.4. The van der Waals surface area contributed by atoms with E-state index in [4.69, 9.17) is 9.57 Å². The summed E-state index contributed by atoms with van der Waals surface area (Å²) in [7, 11) is -1.18. The van der Waals surface area contributed by atoms with Crippen LogP contribution < -0.4 is 4.89 Å². The molecule has 0 aromatic carbocycles. The van der Waals surface area contributed by atoms with Gasteiger partial charge >= 0.3 is 5.97 Å². The van der Waals surface area contributed by atoms with Crippen molar-refractivity contribution < 1.29 is 27.5 Å². The van der Waals surface area contributed by atoms with E-state index in [0.29, 0.717) is 0 Å². The second kappa shape index (κ2) is 7.31. The van der Waals surface area contributed by atoms with Crippen molar-refractivity contribution in [3.63, 3.8) is 0 Å². The van der Waals surface area contributed by atoms with Gasteiger partial charge in [-0.3, -0.25) is 4.84 Å². The Morgan fingerprint density at radius 2 is 2.11 bits per heavy atom. The number of carbonyl (C=O) groups excluding carboxylic acids is 1. The molecule has 1 N–H and O–H groups in total. The first-order valence-electron chi connectivity index (χ1n) is 4.92. The quantitative estimate of drug-likeness (QED) is 0.438. The molecule has 10 heteroatoms. The second-order valence-electron chi connectivity index (χ2n) is 3.17. The van der Waals surface area contributed by atoms with Crippen LogP contribution in [0.5, 0.6) is 0 Å². The average Bonchev–Trinajstić information content (AvgIpc) is 2.76. The maximum atomic E-state index is 11.9. The number of hydrogen-bond acceptors (Lipinski definition) is 7. The minimum absolute atomic E-state index is 0.0708. The molecule has 0 spiro atoms. The Labute approximate surface area is 123 Å². The Bertz CT molecular complexity index is 541. The highest BCUT2D eigenvalue weighted by atomic mass is 79.9. The maximum absolute atomic E-state index is 11.9. The molecule has 108 valence electrons. The fourth-order valence-electron chi connectivity index (χ4n) is 1.03. The third kappa shape index (κ3) is 4.51. The van der Waals surface area contributed by atoms with Crippen molar-refractivity contribution in [2.75, 3.05) is 27.4 Å². The maximum Gasteiger partial charge on any atom is 0.348 e. The standard InChI is InChI=1S/C9H12BrNO6S2/c1-15-3-4-17-11-19(13,14)7-5-6(9(12)16-2)18-8(7)10/h5,11H,3-4H2,1-2H3. The average molecular weight is 374 g/mol. The van der Waals surface area contributed by atoms with Gasteiger partial charge in [0.05, 0.1) is 24.1 Å². The van der Waals surface area contributed by atoms with Crippen LogP contribution in [-0.2, 0) is 24.3 Å². The van der Waals surface area contributed by atoms with Crippen molar-refractivity contribution in [2.24, 2.45) is 0 Å². The number of nitrogens with one attached hydrogen (secondary N) is 1. The molecule has 1 heterocycles. The molecule has 0 aliphatic carbocycles. The highest BCUT2D eigenvalue weighted by Crippen LogP contribution is 2.31. The summed E-state index contributed by atoms with van der Waals surface area (Å²) in [5, 5.41) is 0. The molecule has 0 bridgehead atoms. The monoisotopic (exact) mass is 373 g/mol. The van der Waals surface area contributed by atoms with Gasteiger partial charge < -0.3 is 9.47 Å². The van der Waals surface area contributed by atoms with Gasteiger partial charge in [-0.05, 0) is 22.0 Å². The lowest BCUT2D eigenvalue weighted by molar-refractivity contribution is 0.0438. The van der Waals surface area contributed by atoms with Crippen LogP contribution in [0.25, 0.3) is 0 Å². The Morgan fingerprint density at radius 1 is 1.42 bits per heavy atom. The van der Waals surface area contributed by atoms with E-state index in [0.717, 1.165) is 11.3 Å². The van der Waals surface area contributed by atoms with Crippen molar-refractivity contribution in [3.8, 4) is 0 Å². The van der Waals surface area contributed by atoms with Crippen molar-refractivity contribution in [1.82, 2.24) is 4.89 Å². The highest BCUT2D eigenvalue weighted by Gasteiger charge is 2.23. The van der Waals surface area contributed by atoms with Gasteiger partial charge in [-0.1, -0.05) is 4.89 Å². The molecule has 0 aliphatic heterocycles. The SMILES string of the molecule is COCCONS(=O)(=O)c1cc(C(=O)OC)sc1Br. The van der Waals surface area contributed by atoms with Crippen molar-refractivity contribution in [3.05, 3.63) is 14.7 Å². The van der Waals surface area contributed by atoms with Gasteiger partial charge in [-0.25, -0.2) is 13.2 Å². The summed E-state index contributed by atoms with van der Waals surface area (Å²) >= 11 is 4.04. The first kappa shape index (κ1) is 16.5. The molecule has 0 aliphatic rings. The number of esters is 1. The molecule has 0 fully saturated rings. The molecule has 0 atom stereocenters. The third-order valence-electron chi connectivity index (χ3n) is 1.89. The third-order valence-corrected chi connectivity index (χ3v) is 5.34. The van der Waals surface area contributed by atoms with Gasteiger partial charge in [0.15, 0.2) is 0 Å². The highest BCUT2D eigenvalue weighted by molar-refractivity contribution is 9.11. The van der Waals surface area contributed by atoms with E-state index in [9.17, 15) is 13.2 Å². The van der Waals surface area contributed by atoms with Gasteiger partial charge in [0.2, 0.25) is 0 Å². The first-order valence-corrected chi connectivity index (χ1v) is 8.02. The van der Waals surface area contributed by atoms with Gasteiger partial charge in [-0.2, -0.15) is 0 Å². The minimum atomic E-state index is -3.86. The lowest BCUT2D eigenvalue weighted by Crippen LogP contribution is -2.25. The van der Waals surface area contributed by atoms with Crippen molar-refractivity contribution in [2.45, 2.75) is 4.90 Å². The van der Waals surface area contributed by atoms with Gasteiger partial charge in [0, 0.05) is 7.11 Å². The molecule has 19 heavy (non-hydrogen) atoms. The number of halogens is 1. The summed E-state index contributed by atoms with van der Waals surface area (Å²) in [6.07, 6.45) is 0. The van der Waals surface area contributed by atoms with Crippen LogP contribution in [-0.4, -0.2) is 41.8 Å². The number of hydrogen-bond donors (Lipinski definition) is 1. The molecular formula is C9H12BrNO6S2. The molecule has 0 radical (unpaired) electrons. The van der Waals surface area contributed by atoms with Crippen LogP contribution in [0.2, 0.25) is 0 Å². The van der Waals surface area contributed by atoms with Crippen LogP contribution in [0.15, 0.2) is 14.7 Å². The zero-order chi connectivity index (χ0) is 14.5. The van der Waals surface area contributed by atoms with E-state index in [1.54, 1.807) is 0 Å². The van der Waals surface area contributed by atoms with Gasteiger partial charge in [-0.15, -0.1) is 11.3 Å². The van der Waals surface area contributed by atoms with E-state index in [1.807, 2.05) is 4.89 Å². The normalized spacial score (nSPS) is 11.5. The largest absolute Gasteiger partial charge is 0.465 e. The summed E-state index contributed by atoms with van der Waals surface area (Å²) in [6.45, 7) is 0.322. The van der Waals surface area contributed by atoms with Crippen LogP contribution >= 0.6 is 27.3 Å².